The molecule has 2 aromatic carbocycles. The van der Waals surface area contributed by atoms with Gasteiger partial charge >= 0.3 is 5.97 Å². The molecule has 0 aliphatic carbocycles. The average molecular weight is 355 g/mol. The maximum atomic E-state index is 12.9. The molecule has 0 saturated heterocycles. The number of carboxylic acid groups (broad SMARTS) is 1. The highest BCUT2D eigenvalue weighted by atomic mass is 16.5. The van der Waals surface area contributed by atoms with E-state index < -0.39 is 5.97 Å². The highest BCUT2D eigenvalue weighted by Gasteiger charge is 2.23. The number of carbonyl (C=O) groups excluding carboxylic acids is 1. The van der Waals surface area contributed by atoms with Crippen LogP contribution in [0.25, 0.3) is 0 Å². The molecule has 5 heteroatoms. The number of nitrogens with zero attached hydrogens (tertiary/aromatic N) is 1. The number of hydrogen-bond acceptors (Lipinski definition) is 3. The van der Waals surface area contributed by atoms with Crippen molar-refractivity contribution < 1.29 is 19.4 Å². The number of likely N-dealkylation sites (N-methyl/N-ethyl adjacent to an activating group) is 1. The third kappa shape index (κ3) is 5.62. The Kier molecular flexibility index (Phi) is 7.21. The van der Waals surface area contributed by atoms with Crippen LogP contribution < -0.4 is 4.74 Å². The van der Waals surface area contributed by atoms with Gasteiger partial charge in [-0.25, -0.2) is 4.79 Å². The van der Waals surface area contributed by atoms with E-state index in [1.54, 1.807) is 17.0 Å². The van der Waals surface area contributed by atoms with E-state index in [0.717, 1.165) is 24.0 Å². The van der Waals surface area contributed by atoms with Crippen molar-refractivity contribution in [3.8, 4) is 5.75 Å². The van der Waals surface area contributed by atoms with Crippen LogP contribution in [0, 0.1) is 0 Å². The van der Waals surface area contributed by atoms with Crippen LogP contribution in [-0.2, 0) is 16.1 Å². The Hall–Kier alpha value is -2.82. The fraction of sp³-hybridized carbons (Fsp3) is 0.333. The van der Waals surface area contributed by atoms with Crippen molar-refractivity contribution in [1.29, 1.82) is 0 Å². The van der Waals surface area contributed by atoms with Crippen molar-refractivity contribution >= 4 is 11.9 Å². The fourth-order valence-corrected chi connectivity index (χ4v) is 2.86. The van der Waals surface area contributed by atoms with Crippen LogP contribution in [0.4, 0.5) is 0 Å². The zero-order chi connectivity index (χ0) is 18.9. The van der Waals surface area contributed by atoms with Crippen LogP contribution in [0.15, 0.2) is 54.6 Å². The third-order valence-corrected chi connectivity index (χ3v) is 4.16. The van der Waals surface area contributed by atoms with E-state index in [1.807, 2.05) is 49.5 Å². The lowest BCUT2D eigenvalue weighted by Crippen LogP contribution is -2.31. The monoisotopic (exact) mass is 355 g/mol. The van der Waals surface area contributed by atoms with Gasteiger partial charge in [0.15, 0.2) is 6.61 Å². The van der Waals surface area contributed by atoms with E-state index in [9.17, 15) is 9.59 Å². The smallest absolute Gasteiger partial charge is 0.341 e. The number of hydrogen-bond donors (Lipinski definition) is 1. The van der Waals surface area contributed by atoms with Crippen molar-refractivity contribution in [3.05, 3.63) is 65.7 Å². The molecule has 2 rings (SSSR count). The second kappa shape index (κ2) is 9.61. The number of benzene rings is 2. The van der Waals surface area contributed by atoms with E-state index >= 15 is 0 Å². The normalized spacial score (nSPS) is 11.6. The Bertz CT molecular complexity index is 713. The van der Waals surface area contributed by atoms with E-state index in [1.165, 1.54) is 0 Å². The first-order valence-electron chi connectivity index (χ1n) is 8.74. The first-order chi connectivity index (χ1) is 12.5. The quantitative estimate of drug-likeness (QED) is 0.745. The molecule has 0 fully saturated rings. The molecule has 0 spiro atoms. The van der Waals surface area contributed by atoms with Crippen molar-refractivity contribution in [2.24, 2.45) is 0 Å². The maximum absolute atomic E-state index is 12.9. The summed E-state index contributed by atoms with van der Waals surface area (Å²) in [6, 6.07) is 17.0. The average Bonchev–Trinajstić information content (AvgIpc) is 2.65. The van der Waals surface area contributed by atoms with Gasteiger partial charge in [0.2, 0.25) is 5.91 Å². The Balaban J connectivity index is 2.01. The number of carboxylic acids is 1. The molecule has 0 aromatic heterocycles. The van der Waals surface area contributed by atoms with E-state index in [0.29, 0.717) is 12.3 Å². The molecule has 0 aliphatic rings. The molecule has 1 amide bonds. The maximum Gasteiger partial charge on any atom is 0.341 e. The van der Waals surface area contributed by atoms with Crippen LogP contribution >= 0.6 is 0 Å². The number of amides is 1. The summed E-state index contributed by atoms with van der Waals surface area (Å²) < 4.78 is 5.12. The van der Waals surface area contributed by atoms with Crippen LogP contribution in [0.5, 0.6) is 5.75 Å². The SMILES string of the molecule is CCCC(C(=O)N(C)Cc1ccc(OCC(=O)O)cc1)c1ccccc1. The van der Waals surface area contributed by atoms with Crippen molar-refractivity contribution in [2.75, 3.05) is 13.7 Å². The van der Waals surface area contributed by atoms with Crippen LogP contribution in [0.1, 0.15) is 36.8 Å². The van der Waals surface area contributed by atoms with Gasteiger partial charge in [-0.1, -0.05) is 55.8 Å². The zero-order valence-electron chi connectivity index (χ0n) is 15.2. The molecule has 0 heterocycles. The third-order valence-electron chi connectivity index (χ3n) is 4.16. The first-order valence-corrected chi connectivity index (χ1v) is 8.74. The highest BCUT2D eigenvalue weighted by molar-refractivity contribution is 5.83. The lowest BCUT2D eigenvalue weighted by atomic mass is 9.93. The van der Waals surface area contributed by atoms with E-state index in [4.69, 9.17) is 9.84 Å². The summed E-state index contributed by atoms with van der Waals surface area (Å²) in [5, 5.41) is 8.63. The molecule has 26 heavy (non-hydrogen) atoms. The van der Waals surface area contributed by atoms with Crippen LogP contribution in [-0.4, -0.2) is 35.5 Å². The summed E-state index contributed by atoms with van der Waals surface area (Å²) in [5.74, 6) is -0.547. The van der Waals surface area contributed by atoms with Crippen LogP contribution in [0.2, 0.25) is 0 Å². The fourth-order valence-electron chi connectivity index (χ4n) is 2.86. The minimum atomic E-state index is -1.01. The molecule has 1 unspecified atom stereocenters. The molecule has 5 nitrogen and oxygen atoms in total. The first kappa shape index (κ1) is 19.5. The summed E-state index contributed by atoms with van der Waals surface area (Å²) in [4.78, 5) is 25.2. The molecule has 1 N–H and O–H groups in total. The van der Waals surface area contributed by atoms with Gasteiger partial charge in [0.1, 0.15) is 5.75 Å². The van der Waals surface area contributed by atoms with Gasteiger partial charge in [-0.15, -0.1) is 0 Å². The molecular formula is C21H25NO4. The van der Waals surface area contributed by atoms with Crippen molar-refractivity contribution in [1.82, 2.24) is 4.90 Å². The Morgan fingerprint density at radius 3 is 2.31 bits per heavy atom. The lowest BCUT2D eigenvalue weighted by Gasteiger charge is -2.24. The summed E-state index contributed by atoms with van der Waals surface area (Å²) in [5.41, 5.74) is 2.01. The van der Waals surface area contributed by atoms with E-state index in [-0.39, 0.29) is 18.4 Å². The minimum Gasteiger partial charge on any atom is -0.482 e. The summed E-state index contributed by atoms with van der Waals surface area (Å²) in [7, 11) is 1.81. The molecule has 0 saturated carbocycles. The van der Waals surface area contributed by atoms with E-state index in [2.05, 4.69) is 6.92 Å². The summed E-state index contributed by atoms with van der Waals surface area (Å²) >= 11 is 0. The molecule has 2 aromatic rings. The minimum absolute atomic E-state index is 0.101. The largest absolute Gasteiger partial charge is 0.482 e. The summed E-state index contributed by atoms with van der Waals surface area (Å²) in [6.07, 6.45) is 1.75. The van der Waals surface area contributed by atoms with Gasteiger partial charge in [0, 0.05) is 13.6 Å². The van der Waals surface area contributed by atoms with Gasteiger partial charge < -0.3 is 14.7 Å². The predicted octanol–water partition coefficient (Wildman–Crippen LogP) is 3.69. The second-order valence-electron chi connectivity index (χ2n) is 6.27. The zero-order valence-corrected chi connectivity index (χ0v) is 15.2. The van der Waals surface area contributed by atoms with Crippen molar-refractivity contribution in [2.45, 2.75) is 32.2 Å². The Morgan fingerprint density at radius 1 is 1.08 bits per heavy atom. The molecule has 0 radical (unpaired) electrons. The topological polar surface area (TPSA) is 66.8 Å². The van der Waals surface area contributed by atoms with Crippen LogP contribution in [0.3, 0.4) is 0 Å². The van der Waals surface area contributed by atoms with Gasteiger partial charge in [-0.3, -0.25) is 4.79 Å². The molecule has 0 aliphatic heterocycles. The molecule has 138 valence electrons. The Morgan fingerprint density at radius 2 is 1.73 bits per heavy atom. The number of aliphatic carboxylic acids is 1. The second-order valence-corrected chi connectivity index (χ2v) is 6.27. The lowest BCUT2D eigenvalue weighted by molar-refractivity contribution is -0.139. The van der Waals surface area contributed by atoms with Gasteiger partial charge in [0.25, 0.3) is 0 Å². The predicted molar refractivity (Wildman–Crippen MR) is 100 cm³/mol. The molecule has 1 atom stereocenters. The number of carbonyl (C=O) groups is 2. The van der Waals surface area contributed by atoms with Crippen molar-refractivity contribution in [3.63, 3.8) is 0 Å². The molecule has 0 bridgehead atoms. The van der Waals surface area contributed by atoms with Gasteiger partial charge in [-0.2, -0.15) is 0 Å². The van der Waals surface area contributed by atoms with Gasteiger partial charge in [-0.05, 0) is 29.7 Å². The highest BCUT2D eigenvalue weighted by Crippen LogP contribution is 2.24. The number of ether oxygens (including phenoxy) is 1. The Labute approximate surface area is 154 Å². The van der Waals surface area contributed by atoms with Gasteiger partial charge in [0.05, 0.1) is 5.92 Å². The standard InChI is InChI=1S/C21H25NO4/c1-3-7-19(17-8-5-4-6-9-17)21(25)22(2)14-16-10-12-18(13-11-16)26-15-20(23)24/h4-6,8-13,19H,3,7,14-15H2,1-2H3,(H,23,24). The number of rotatable bonds is 9. The molecular weight excluding hydrogens is 330 g/mol. The summed E-state index contributed by atoms with van der Waals surface area (Å²) in [6.45, 7) is 2.21.